The summed E-state index contributed by atoms with van der Waals surface area (Å²) >= 11 is 0. The van der Waals surface area contributed by atoms with E-state index in [1.54, 1.807) is 0 Å². The van der Waals surface area contributed by atoms with Gasteiger partial charge in [0, 0.05) is 19.0 Å². The van der Waals surface area contributed by atoms with Crippen molar-refractivity contribution in [3.8, 4) is 0 Å². The molecule has 4 nitrogen and oxygen atoms in total. The molecule has 0 bridgehead atoms. The smallest absolute Gasteiger partial charge is 0.162 e. The van der Waals surface area contributed by atoms with Gasteiger partial charge in [0.2, 0.25) is 0 Å². The summed E-state index contributed by atoms with van der Waals surface area (Å²) in [5.74, 6) is 1.49. The van der Waals surface area contributed by atoms with Gasteiger partial charge in [0.15, 0.2) is 5.82 Å². The Morgan fingerprint density at radius 2 is 1.96 bits per heavy atom. The van der Waals surface area contributed by atoms with E-state index >= 15 is 0 Å². The third-order valence-corrected chi connectivity index (χ3v) is 3.59. The van der Waals surface area contributed by atoms with Crippen LogP contribution in [0.5, 0.6) is 0 Å². The van der Waals surface area contributed by atoms with Gasteiger partial charge in [-0.25, -0.2) is 0 Å². The van der Waals surface area contributed by atoms with Crippen LogP contribution < -0.4 is 10.2 Å². The topological polar surface area (TPSA) is 33.1 Å². The molecule has 2 rings (SSSR count). The first-order valence-corrected chi connectivity index (χ1v) is 8.05. The second-order valence-corrected chi connectivity index (χ2v) is 5.83. The van der Waals surface area contributed by atoms with Crippen molar-refractivity contribution in [3.63, 3.8) is 0 Å². The number of hydrogen-bond acceptors (Lipinski definition) is 3. The van der Waals surface area contributed by atoms with E-state index in [2.05, 4.69) is 60.5 Å². The number of anilines is 1. The molecule has 126 valence electrons. The minimum Gasteiger partial charge on any atom is -0.331 e. The van der Waals surface area contributed by atoms with Gasteiger partial charge in [-0.3, -0.25) is 4.68 Å². The fourth-order valence-electron chi connectivity index (χ4n) is 2.34. The number of benzene rings is 1. The van der Waals surface area contributed by atoms with Crippen LogP contribution in [-0.4, -0.2) is 30.4 Å². The number of nitrogens with zero attached hydrogens (tertiary/aromatic N) is 3. The van der Waals surface area contributed by atoms with Crippen LogP contribution in [0.2, 0.25) is 0 Å². The van der Waals surface area contributed by atoms with Crippen molar-refractivity contribution in [2.75, 3.05) is 25.5 Å². The standard InChI is InChI=1S/C17H23N3.C2H7N/c1-6-8-11-20(7-2)17-15-10-9-14(13(3)4)12-16(15)19(5)18-17;1-3-2/h6-7,9-10,12-13H,1-2,8,11H2,3-5H3;3H,1-2H3. The molecule has 1 aromatic heterocycles. The van der Waals surface area contributed by atoms with Crippen molar-refractivity contribution in [3.05, 3.63) is 49.2 Å². The van der Waals surface area contributed by atoms with Gasteiger partial charge in [-0.1, -0.05) is 32.6 Å². The molecule has 0 unspecified atom stereocenters. The maximum atomic E-state index is 4.65. The predicted octanol–water partition coefficient (Wildman–Crippen LogP) is 4.06. The molecule has 1 N–H and O–H groups in total. The second kappa shape index (κ2) is 9.16. The van der Waals surface area contributed by atoms with E-state index in [-0.39, 0.29) is 0 Å². The van der Waals surface area contributed by atoms with Crippen molar-refractivity contribution in [1.29, 1.82) is 0 Å². The SMILES string of the molecule is C=CCCN(C=C)c1nn(C)c2cc(C(C)C)ccc12.CNC. The molecular formula is C19H30N4. The Balaban J connectivity index is 0.000000816. The molecule has 0 saturated heterocycles. The van der Waals surface area contributed by atoms with E-state index in [4.69, 9.17) is 0 Å². The predicted molar refractivity (Wildman–Crippen MR) is 102 cm³/mol. The summed E-state index contributed by atoms with van der Waals surface area (Å²) in [7, 11) is 5.74. The number of hydrogen-bond donors (Lipinski definition) is 1. The molecular weight excluding hydrogens is 284 g/mol. The molecule has 0 amide bonds. The molecule has 0 saturated carbocycles. The second-order valence-electron chi connectivity index (χ2n) is 5.83. The average Bonchev–Trinajstić information content (AvgIpc) is 2.85. The zero-order valence-electron chi connectivity index (χ0n) is 15.1. The number of fused-ring (bicyclic) bond motifs is 1. The van der Waals surface area contributed by atoms with Crippen LogP contribution in [-0.2, 0) is 7.05 Å². The number of rotatable bonds is 6. The Morgan fingerprint density at radius 3 is 2.48 bits per heavy atom. The van der Waals surface area contributed by atoms with Gasteiger partial charge in [-0.2, -0.15) is 5.10 Å². The molecule has 1 heterocycles. The molecule has 0 spiro atoms. The summed E-state index contributed by atoms with van der Waals surface area (Å²) in [4.78, 5) is 2.08. The van der Waals surface area contributed by atoms with Gasteiger partial charge < -0.3 is 10.2 Å². The Morgan fingerprint density at radius 1 is 1.30 bits per heavy atom. The Labute approximate surface area is 140 Å². The van der Waals surface area contributed by atoms with Crippen LogP contribution in [0.3, 0.4) is 0 Å². The third kappa shape index (κ3) is 4.70. The van der Waals surface area contributed by atoms with Crippen molar-refractivity contribution >= 4 is 16.7 Å². The van der Waals surface area contributed by atoms with Crippen molar-refractivity contribution < 1.29 is 0 Å². The highest BCUT2D eigenvalue weighted by atomic mass is 15.3. The fourth-order valence-corrected chi connectivity index (χ4v) is 2.34. The van der Waals surface area contributed by atoms with Crippen LogP contribution in [0.1, 0.15) is 31.7 Å². The lowest BCUT2D eigenvalue weighted by Crippen LogP contribution is -2.17. The number of nitrogens with one attached hydrogen (secondary N) is 1. The summed E-state index contributed by atoms with van der Waals surface area (Å²) in [5.41, 5.74) is 2.50. The Hall–Kier alpha value is -2.07. The largest absolute Gasteiger partial charge is 0.331 e. The Kier molecular flexibility index (Phi) is 7.55. The highest BCUT2D eigenvalue weighted by Crippen LogP contribution is 2.29. The lowest BCUT2D eigenvalue weighted by atomic mass is 10.0. The third-order valence-electron chi connectivity index (χ3n) is 3.59. The van der Waals surface area contributed by atoms with Gasteiger partial charge >= 0.3 is 0 Å². The quantitative estimate of drug-likeness (QED) is 0.816. The molecule has 4 heteroatoms. The van der Waals surface area contributed by atoms with Crippen LogP contribution in [0.4, 0.5) is 5.82 Å². The van der Waals surface area contributed by atoms with Gasteiger partial charge in [-0.05, 0) is 50.3 Å². The lowest BCUT2D eigenvalue weighted by molar-refractivity contribution is 0.779. The molecule has 0 radical (unpaired) electrons. The van der Waals surface area contributed by atoms with E-state index in [9.17, 15) is 0 Å². The summed E-state index contributed by atoms with van der Waals surface area (Å²) in [6.45, 7) is 12.9. The molecule has 0 aliphatic heterocycles. The monoisotopic (exact) mass is 314 g/mol. The molecule has 0 fully saturated rings. The first kappa shape index (κ1) is 19.0. The summed E-state index contributed by atoms with van der Waals surface area (Å²) < 4.78 is 1.95. The van der Waals surface area contributed by atoms with E-state index in [0.29, 0.717) is 5.92 Å². The van der Waals surface area contributed by atoms with E-state index in [0.717, 1.165) is 24.3 Å². The highest BCUT2D eigenvalue weighted by molar-refractivity contribution is 5.91. The lowest BCUT2D eigenvalue weighted by Gasteiger charge is -2.16. The van der Waals surface area contributed by atoms with Crippen molar-refractivity contribution in [2.45, 2.75) is 26.2 Å². The van der Waals surface area contributed by atoms with E-state index < -0.39 is 0 Å². The Bertz CT molecular complexity index is 640. The van der Waals surface area contributed by atoms with Gasteiger partial charge in [0.05, 0.1) is 5.52 Å². The molecule has 0 atom stereocenters. The van der Waals surface area contributed by atoms with Crippen LogP contribution >= 0.6 is 0 Å². The molecule has 0 aliphatic rings. The minimum absolute atomic E-state index is 0.522. The maximum absolute atomic E-state index is 4.65. The highest BCUT2D eigenvalue weighted by Gasteiger charge is 2.14. The zero-order valence-corrected chi connectivity index (χ0v) is 15.1. The van der Waals surface area contributed by atoms with Crippen LogP contribution in [0.25, 0.3) is 10.9 Å². The van der Waals surface area contributed by atoms with E-state index in [1.807, 2.05) is 38.1 Å². The van der Waals surface area contributed by atoms with Crippen molar-refractivity contribution in [1.82, 2.24) is 15.1 Å². The molecule has 1 aromatic carbocycles. The number of aryl methyl sites for hydroxylation is 1. The first-order chi connectivity index (χ1) is 11.0. The normalized spacial score (nSPS) is 10.3. The van der Waals surface area contributed by atoms with Crippen molar-refractivity contribution in [2.24, 2.45) is 7.05 Å². The average molecular weight is 314 g/mol. The molecule has 2 aromatic rings. The fraction of sp³-hybridized carbons (Fsp3) is 0.421. The van der Waals surface area contributed by atoms with E-state index in [1.165, 1.54) is 10.9 Å². The minimum atomic E-state index is 0.522. The summed E-state index contributed by atoms with van der Waals surface area (Å²) in [5, 5.41) is 8.57. The maximum Gasteiger partial charge on any atom is 0.162 e. The van der Waals surface area contributed by atoms with Crippen LogP contribution in [0, 0.1) is 0 Å². The van der Waals surface area contributed by atoms with Gasteiger partial charge in [0.1, 0.15) is 0 Å². The van der Waals surface area contributed by atoms with Crippen LogP contribution in [0.15, 0.2) is 43.6 Å². The summed E-state index contributed by atoms with van der Waals surface area (Å²) in [6.07, 6.45) is 4.66. The first-order valence-electron chi connectivity index (χ1n) is 8.05. The number of aromatic nitrogens is 2. The molecule has 0 aliphatic carbocycles. The summed E-state index contributed by atoms with van der Waals surface area (Å²) in [6, 6.07) is 6.58. The molecule has 23 heavy (non-hydrogen) atoms. The van der Waals surface area contributed by atoms with Gasteiger partial charge in [0.25, 0.3) is 0 Å². The zero-order chi connectivity index (χ0) is 17.4. The van der Waals surface area contributed by atoms with Gasteiger partial charge in [-0.15, -0.1) is 6.58 Å².